The molecule has 0 aliphatic carbocycles. The number of aliphatic hydroxyl groups excluding tert-OH is 1. The van der Waals surface area contributed by atoms with Gasteiger partial charge < -0.3 is 15.2 Å². The Hall–Kier alpha value is -1.21. The van der Waals surface area contributed by atoms with Crippen molar-refractivity contribution in [1.29, 1.82) is 0 Å². The van der Waals surface area contributed by atoms with Gasteiger partial charge in [-0.3, -0.25) is 0 Å². The molecular formula is C9H15N3O3S. The molecule has 16 heavy (non-hydrogen) atoms. The fourth-order valence-electron chi connectivity index (χ4n) is 1.11. The molecule has 1 heterocycles. The number of esters is 1. The van der Waals surface area contributed by atoms with Crippen LogP contribution in [0.3, 0.4) is 0 Å². The average molecular weight is 245 g/mol. The van der Waals surface area contributed by atoms with E-state index in [1.807, 2.05) is 6.92 Å². The predicted octanol–water partition coefficient (Wildman–Crippen LogP) is 0.436. The maximum Gasteiger partial charge on any atom is 0.330 e. The van der Waals surface area contributed by atoms with Crippen molar-refractivity contribution in [3.05, 3.63) is 5.82 Å². The molecule has 1 unspecified atom stereocenters. The first-order valence-corrected chi connectivity index (χ1v) is 5.76. The number of carbonyl (C=O) groups is 1. The Kier molecular flexibility index (Phi) is 5.13. The molecule has 1 aromatic rings. The summed E-state index contributed by atoms with van der Waals surface area (Å²) in [6.07, 6.45) is 1.77. The van der Waals surface area contributed by atoms with E-state index in [9.17, 15) is 4.79 Å². The zero-order valence-electron chi connectivity index (χ0n) is 9.27. The van der Waals surface area contributed by atoms with Gasteiger partial charge in [-0.15, -0.1) is 0 Å². The van der Waals surface area contributed by atoms with Crippen molar-refractivity contribution in [2.45, 2.75) is 25.8 Å². The van der Waals surface area contributed by atoms with Gasteiger partial charge in [-0.2, -0.15) is 4.37 Å². The highest BCUT2D eigenvalue weighted by atomic mass is 32.1. The molecule has 2 N–H and O–H groups in total. The summed E-state index contributed by atoms with van der Waals surface area (Å²) in [6.45, 7) is 1.70. The molecule has 0 amide bonds. The Bertz CT molecular complexity index is 342. The predicted molar refractivity (Wildman–Crippen MR) is 60.4 cm³/mol. The molecule has 0 aliphatic rings. The van der Waals surface area contributed by atoms with E-state index >= 15 is 0 Å². The molecule has 1 aromatic heterocycles. The highest BCUT2D eigenvalue weighted by Crippen LogP contribution is 2.13. The van der Waals surface area contributed by atoms with Crippen molar-refractivity contribution in [3.8, 4) is 0 Å². The number of aromatic nitrogens is 2. The second kappa shape index (κ2) is 6.39. The Morgan fingerprint density at radius 3 is 3.00 bits per heavy atom. The third-order valence-electron chi connectivity index (χ3n) is 1.91. The van der Waals surface area contributed by atoms with Crippen LogP contribution in [0.5, 0.6) is 0 Å². The third kappa shape index (κ3) is 3.42. The molecule has 1 atom stereocenters. The number of hydrogen-bond acceptors (Lipinski definition) is 7. The molecule has 0 aliphatic heterocycles. The third-order valence-corrected chi connectivity index (χ3v) is 2.59. The van der Waals surface area contributed by atoms with Crippen molar-refractivity contribution in [2.75, 3.05) is 19.0 Å². The smallest absolute Gasteiger partial charge is 0.330 e. The Morgan fingerprint density at radius 1 is 1.69 bits per heavy atom. The van der Waals surface area contributed by atoms with Gasteiger partial charge in [0, 0.05) is 18.0 Å². The molecule has 0 aromatic carbocycles. The molecule has 90 valence electrons. The van der Waals surface area contributed by atoms with E-state index in [0.717, 1.165) is 18.7 Å². The summed E-state index contributed by atoms with van der Waals surface area (Å²) >= 11 is 1.17. The van der Waals surface area contributed by atoms with Crippen LogP contribution in [0.1, 0.15) is 19.2 Å². The van der Waals surface area contributed by atoms with Gasteiger partial charge in [-0.25, -0.2) is 9.78 Å². The molecule has 0 saturated carbocycles. The summed E-state index contributed by atoms with van der Waals surface area (Å²) in [5, 5.41) is 12.3. The highest BCUT2D eigenvalue weighted by Gasteiger charge is 2.19. The van der Waals surface area contributed by atoms with Crippen LogP contribution in [0.4, 0.5) is 5.13 Å². The van der Waals surface area contributed by atoms with Crippen LogP contribution in [0.15, 0.2) is 0 Å². The van der Waals surface area contributed by atoms with Crippen LogP contribution in [0.2, 0.25) is 0 Å². The van der Waals surface area contributed by atoms with E-state index in [1.165, 1.54) is 18.6 Å². The van der Waals surface area contributed by atoms with Gasteiger partial charge in [-0.05, 0) is 6.42 Å². The minimum absolute atomic E-state index is 0.338. The van der Waals surface area contributed by atoms with E-state index in [1.54, 1.807) is 0 Å². The minimum atomic E-state index is -0.785. The molecule has 0 bridgehead atoms. The standard InChI is InChI=1S/C9H15N3O3S/c1-3-4-7-11-9(16-12-7)10-6(5-13)8(14)15-2/h6,13H,3-5H2,1-2H3,(H,10,11,12). The molecule has 0 fully saturated rings. The molecule has 0 spiro atoms. The Morgan fingerprint density at radius 2 is 2.44 bits per heavy atom. The Labute approximate surface area is 97.8 Å². The minimum Gasteiger partial charge on any atom is -0.467 e. The largest absolute Gasteiger partial charge is 0.467 e. The number of aliphatic hydroxyl groups is 1. The number of methoxy groups -OCH3 is 1. The van der Waals surface area contributed by atoms with Gasteiger partial charge in [0.25, 0.3) is 0 Å². The second-order valence-electron chi connectivity index (χ2n) is 3.17. The molecule has 1 rings (SSSR count). The normalized spacial score (nSPS) is 12.2. The van der Waals surface area contributed by atoms with Crippen LogP contribution in [-0.4, -0.2) is 40.2 Å². The van der Waals surface area contributed by atoms with E-state index in [4.69, 9.17) is 5.11 Å². The van der Waals surface area contributed by atoms with Crippen LogP contribution in [0, 0.1) is 0 Å². The number of carbonyl (C=O) groups excluding carboxylic acids is 1. The summed E-state index contributed by atoms with van der Waals surface area (Å²) in [5.41, 5.74) is 0. The van der Waals surface area contributed by atoms with E-state index in [0.29, 0.717) is 5.13 Å². The van der Waals surface area contributed by atoms with Gasteiger partial charge in [0.05, 0.1) is 13.7 Å². The van der Waals surface area contributed by atoms with Crippen molar-refractivity contribution in [3.63, 3.8) is 0 Å². The summed E-state index contributed by atoms with van der Waals surface area (Å²) < 4.78 is 8.64. The van der Waals surface area contributed by atoms with E-state index in [2.05, 4.69) is 19.4 Å². The molecule has 6 nitrogen and oxygen atoms in total. The van der Waals surface area contributed by atoms with Gasteiger partial charge >= 0.3 is 5.97 Å². The van der Waals surface area contributed by atoms with Gasteiger partial charge in [0.15, 0.2) is 0 Å². The van der Waals surface area contributed by atoms with Crippen molar-refractivity contribution >= 4 is 22.6 Å². The second-order valence-corrected chi connectivity index (χ2v) is 3.92. The topological polar surface area (TPSA) is 84.3 Å². The number of nitrogens with one attached hydrogen (secondary N) is 1. The number of hydrogen-bond donors (Lipinski definition) is 2. The monoisotopic (exact) mass is 245 g/mol. The molecule has 0 saturated heterocycles. The number of rotatable bonds is 6. The van der Waals surface area contributed by atoms with Crippen molar-refractivity contribution in [2.24, 2.45) is 0 Å². The zero-order chi connectivity index (χ0) is 12.0. The average Bonchev–Trinajstić information content (AvgIpc) is 2.73. The summed E-state index contributed by atoms with van der Waals surface area (Å²) in [5.74, 6) is 0.228. The summed E-state index contributed by atoms with van der Waals surface area (Å²) in [4.78, 5) is 15.4. The van der Waals surface area contributed by atoms with Crippen LogP contribution < -0.4 is 5.32 Å². The number of nitrogens with zero attached hydrogens (tertiary/aromatic N) is 2. The van der Waals surface area contributed by atoms with E-state index in [-0.39, 0.29) is 6.61 Å². The zero-order valence-corrected chi connectivity index (χ0v) is 10.1. The van der Waals surface area contributed by atoms with Crippen molar-refractivity contribution < 1.29 is 14.6 Å². The lowest BCUT2D eigenvalue weighted by Gasteiger charge is -2.11. The molecular weight excluding hydrogens is 230 g/mol. The quantitative estimate of drug-likeness (QED) is 0.707. The lowest BCUT2D eigenvalue weighted by Crippen LogP contribution is -2.33. The maximum absolute atomic E-state index is 11.2. The number of ether oxygens (including phenoxy) is 1. The van der Waals surface area contributed by atoms with Crippen LogP contribution in [-0.2, 0) is 16.0 Å². The van der Waals surface area contributed by atoms with Gasteiger partial charge in [-0.1, -0.05) is 6.92 Å². The molecule has 0 radical (unpaired) electrons. The summed E-state index contributed by atoms with van der Waals surface area (Å²) in [7, 11) is 1.27. The first kappa shape index (κ1) is 12.9. The molecule has 7 heteroatoms. The number of anilines is 1. The Balaban J connectivity index is 2.59. The lowest BCUT2D eigenvalue weighted by atomic mass is 10.3. The SMILES string of the molecule is CCCc1nsc(NC(CO)C(=O)OC)n1. The van der Waals surface area contributed by atoms with Crippen LogP contribution >= 0.6 is 11.5 Å². The highest BCUT2D eigenvalue weighted by molar-refractivity contribution is 7.09. The van der Waals surface area contributed by atoms with Crippen molar-refractivity contribution in [1.82, 2.24) is 9.36 Å². The summed E-state index contributed by atoms with van der Waals surface area (Å²) in [6, 6.07) is -0.785. The maximum atomic E-state index is 11.2. The van der Waals surface area contributed by atoms with Gasteiger partial charge in [0.1, 0.15) is 11.9 Å². The number of aryl methyl sites for hydroxylation is 1. The fraction of sp³-hybridized carbons (Fsp3) is 0.667. The van der Waals surface area contributed by atoms with Gasteiger partial charge in [0.2, 0.25) is 5.13 Å². The fourth-order valence-corrected chi connectivity index (χ4v) is 1.77. The first-order valence-electron chi connectivity index (χ1n) is 4.99. The lowest BCUT2D eigenvalue weighted by molar-refractivity contribution is -0.142. The van der Waals surface area contributed by atoms with Crippen LogP contribution in [0.25, 0.3) is 0 Å². The first-order chi connectivity index (χ1) is 7.71. The van der Waals surface area contributed by atoms with E-state index < -0.39 is 12.0 Å².